The van der Waals surface area contributed by atoms with Gasteiger partial charge in [0, 0.05) is 54.2 Å². The van der Waals surface area contributed by atoms with Crippen LogP contribution in [-0.4, -0.2) is 98.0 Å². The molecule has 8 rings (SSSR count). The van der Waals surface area contributed by atoms with E-state index >= 15 is 4.39 Å². The fraction of sp³-hybridized carbons (Fsp3) is 0.548. The maximum absolute atomic E-state index is 17.7. The highest BCUT2D eigenvalue weighted by atomic mass is 35.5. The van der Waals surface area contributed by atoms with Crippen LogP contribution in [0.3, 0.4) is 0 Å². The minimum Gasteiger partial charge on any atom is -0.444 e. The molecule has 0 aliphatic carbocycles. The van der Waals surface area contributed by atoms with E-state index in [0.717, 1.165) is 71.8 Å². The average molecular weight is 784 g/mol. The summed E-state index contributed by atoms with van der Waals surface area (Å²) >= 11 is 7.25. The number of carbonyl (C=O) groups excluding carboxylic acids is 1. The lowest BCUT2D eigenvalue weighted by molar-refractivity contribution is -0.0366. The molecule has 12 nitrogen and oxygen atoms in total. The van der Waals surface area contributed by atoms with Crippen molar-refractivity contribution in [1.29, 1.82) is 5.26 Å². The van der Waals surface area contributed by atoms with Crippen LogP contribution in [0.25, 0.3) is 43.8 Å². The van der Waals surface area contributed by atoms with Gasteiger partial charge in [-0.15, -0.1) is 0 Å². The number of likely N-dealkylation sites (N-methyl/N-ethyl adjacent to an activating group) is 1. The molecule has 296 valence electrons. The first-order valence-electron chi connectivity index (χ1n) is 19.9. The normalized spacial score (nSPS) is 21.0. The van der Waals surface area contributed by atoms with Gasteiger partial charge in [-0.3, -0.25) is 4.68 Å². The lowest BCUT2D eigenvalue weighted by atomic mass is 9.92. The van der Waals surface area contributed by atoms with E-state index in [1.165, 1.54) is 0 Å². The van der Waals surface area contributed by atoms with Crippen LogP contribution in [-0.2, 0) is 9.47 Å². The molecular formula is C42H51ClFN9O3. The average Bonchev–Trinajstić information content (AvgIpc) is 3.78. The number of nitriles is 1. The molecule has 1 amide bonds. The number of ether oxygens (including phenoxy) is 2. The molecule has 5 aromatic rings. The number of benzene rings is 2. The zero-order valence-corrected chi connectivity index (χ0v) is 34.2. The summed E-state index contributed by atoms with van der Waals surface area (Å²) in [6.07, 6.45) is 7.18. The van der Waals surface area contributed by atoms with Crippen molar-refractivity contribution in [3.8, 4) is 17.2 Å². The Labute approximate surface area is 332 Å². The predicted molar refractivity (Wildman–Crippen MR) is 217 cm³/mol. The first kappa shape index (κ1) is 38.4. The molecule has 3 aliphatic rings. The fourth-order valence-electron chi connectivity index (χ4n) is 8.77. The molecule has 3 atom stereocenters. The number of hydrogen-bond donors (Lipinski definition) is 0. The summed E-state index contributed by atoms with van der Waals surface area (Å²) in [6, 6.07) is 6.01. The molecule has 1 unspecified atom stereocenters. The number of likely N-dealkylation sites (tertiary alicyclic amines) is 1. The maximum Gasteiger partial charge on any atom is 0.410 e. The third-order valence-electron chi connectivity index (χ3n) is 12.1. The zero-order valence-electron chi connectivity index (χ0n) is 33.4. The Balaban J connectivity index is 1.28. The third-order valence-corrected chi connectivity index (χ3v) is 12.4. The van der Waals surface area contributed by atoms with Crippen LogP contribution < -0.4 is 4.90 Å². The quantitative estimate of drug-likeness (QED) is 0.160. The number of nitrogens with zero attached hydrogens (tertiary/aromatic N) is 9. The monoisotopic (exact) mass is 783 g/mol. The molecule has 0 N–H and O–H groups in total. The van der Waals surface area contributed by atoms with E-state index in [2.05, 4.69) is 35.9 Å². The van der Waals surface area contributed by atoms with Gasteiger partial charge >= 0.3 is 6.09 Å². The van der Waals surface area contributed by atoms with Crippen LogP contribution in [0, 0.1) is 31.0 Å². The smallest absolute Gasteiger partial charge is 0.410 e. The molecule has 14 heteroatoms. The third kappa shape index (κ3) is 6.63. The summed E-state index contributed by atoms with van der Waals surface area (Å²) in [6.45, 7) is 15.2. The molecular weight excluding hydrogens is 733 g/mol. The van der Waals surface area contributed by atoms with Gasteiger partial charge in [0.2, 0.25) is 0 Å². The van der Waals surface area contributed by atoms with Crippen LogP contribution in [0.1, 0.15) is 89.6 Å². The van der Waals surface area contributed by atoms with Crippen molar-refractivity contribution >= 4 is 56.2 Å². The van der Waals surface area contributed by atoms with Crippen molar-refractivity contribution in [2.45, 2.75) is 110 Å². The molecule has 2 aromatic carbocycles. The van der Waals surface area contributed by atoms with Crippen LogP contribution >= 0.6 is 11.6 Å². The number of halogens is 2. The van der Waals surface area contributed by atoms with Crippen LogP contribution in [0.4, 0.5) is 15.0 Å². The van der Waals surface area contributed by atoms with Crippen molar-refractivity contribution in [2.75, 3.05) is 44.7 Å². The molecule has 56 heavy (non-hydrogen) atoms. The Hall–Kier alpha value is -4.51. The second kappa shape index (κ2) is 14.8. The van der Waals surface area contributed by atoms with Crippen molar-refractivity contribution in [3.05, 3.63) is 46.5 Å². The Kier molecular flexibility index (Phi) is 10.1. The number of hydrogen-bond acceptors (Lipinski definition) is 9. The van der Waals surface area contributed by atoms with Crippen LogP contribution in [0.5, 0.6) is 0 Å². The first-order chi connectivity index (χ1) is 26.8. The van der Waals surface area contributed by atoms with Gasteiger partial charge in [-0.2, -0.15) is 15.5 Å². The summed E-state index contributed by atoms with van der Waals surface area (Å²) in [5, 5.41) is 22.0. The molecule has 3 fully saturated rings. The second-order valence-corrected chi connectivity index (χ2v) is 17.2. The van der Waals surface area contributed by atoms with E-state index in [4.69, 9.17) is 36.3 Å². The van der Waals surface area contributed by atoms with E-state index in [1.54, 1.807) is 11.1 Å². The fourth-order valence-corrected chi connectivity index (χ4v) is 9.06. The van der Waals surface area contributed by atoms with Crippen molar-refractivity contribution in [2.24, 2.45) is 0 Å². The standard InChI is InChI=1S/C42H51ClFN9O3/c1-8-49(7)28-22-50(23-28)40-31-21-46-52(27-13-15-51(26(18-27)12-14-45)41(54)56-42(4,5)6)39(31)29-19-32(43)36(37(44)38(29)48-40)35-25(3)24(2)17-33-30(35)20-47-53(33)34-11-9-10-16-55-34/h17,19-21,26-28,34H,8-13,15-16,18,22-23H2,1-7H3/t26-,27+,34?/m1/s1. The minimum absolute atomic E-state index is 0.153. The minimum atomic E-state index is -0.664. The van der Waals surface area contributed by atoms with Gasteiger partial charge in [-0.25, -0.2) is 18.9 Å². The molecule has 0 bridgehead atoms. The summed E-state index contributed by atoms with van der Waals surface area (Å²) in [5.74, 6) is 0.185. The molecule has 3 saturated heterocycles. The number of anilines is 1. The summed E-state index contributed by atoms with van der Waals surface area (Å²) in [5.41, 5.74) is 4.09. The van der Waals surface area contributed by atoms with Gasteiger partial charge in [-0.1, -0.05) is 18.5 Å². The van der Waals surface area contributed by atoms with E-state index in [1.807, 2.05) is 56.2 Å². The number of aromatic nitrogens is 5. The number of amides is 1. The highest BCUT2D eigenvalue weighted by molar-refractivity contribution is 6.35. The summed E-state index contributed by atoms with van der Waals surface area (Å²) in [7, 11) is 2.12. The number of pyridine rings is 1. The lowest BCUT2D eigenvalue weighted by Crippen LogP contribution is -2.58. The number of aryl methyl sites for hydroxylation is 1. The second-order valence-electron chi connectivity index (χ2n) is 16.8. The highest BCUT2D eigenvalue weighted by Crippen LogP contribution is 2.46. The Bertz CT molecular complexity index is 2370. The Morgan fingerprint density at radius 2 is 1.84 bits per heavy atom. The van der Waals surface area contributed by atoms with Gasteiger partial charge in [-0.05, 0) is 104 Å². The van der Waals surface area contributed by atoms with E-state index in [-0.39, 0.29) is 35.3 Å². The highest BCUT2D eigenvalue weighted by Gasteiger charge is 2.38. The summed E-state index contributed by atoms with van der Waals surface area (Å²) in [4.78, 5) is 24.6. The van der Waals surface area contributed by atoms with Crippen LogP contribution in [0.15, 0.2) is 24.5 Å². The van der Waals surface area contributed by atoms with Crippen molar-refractivity contribution in [3.63, 3.8) is 0 Å². The van der Waals surface area contributed by atoms with E-state index < -0.39 is 17.5 Å². The van der Waals surface area contributed by atoms with Gasteiger partial charge < -0.3 is 24.2 Å². The molecule has 3 aromatic heterocycles. The Morgan fingerprint density at radius 3 is 2.54 bits per heavy atom. The SMILES string of the molecule is CCN(C)C1CN(c2nc3c(F)c(-c4c(C)c(C)cc5c4cnn5C4CCCCO4)c(Cl)cc3c3c2cnn3[C@H]2CCN(C(=O)OC(C)(C)C)[C@H](CC#N)C2)C1. The molecule has 3 aliphatic heterocycles. The van der Waals surface area contributed by atoms with Crippen molar-refractivity contribution in [1.82, 2.24) is 34.3 Å². The van der Waals surface area contributed by atoms with Crippen molar-refractivity contribution < 1.29 is 18.7 Å². The van der Waals surface area contributed by atoms with E-state index in [9.17, 15) is 10.1 Å². The number of piperidine rings is 1. The van der Waals surface area contributed by atoms with Gasteiger partial charge in [0.1, 0.15) is 16.9 Å². The van der Waals surface area contributed by atoms with Gasteiger partial charge in [0.15, 0.2) is 12.0 Å². The van der Waals surface area contributed by atoms with E-state index in [0.29, 0.717) is 54.4 Å². The number of carbonyl (C=O) groups is 1. The molecule has 0 saturated carbocycles. The summed E-state index contributed by atoms with van der Waals surface area (Å²) < 4.78 is 33.5. The van der Waals surface area contributed by atoms with Gasteiger partial charge in [0.05, 0.1) is 58.4 Å². The van der Waals surface area contributed by atoms with Crippen LogP contribution in [0.2, 0.25) is 5.02 Å². The molecule has 0 spiro atoms. The number of rotatable bonds is 7. The van der Waals surface area contributed by atoms with Gasteiger partial charge in [0.25, 0.3) is 0 Å². The Morgan fingerprint density at radius 1 is 1.09 bits per heavy atom. The zero-order chi connectivity index (χ0) is 39.6. The lowest BCUT2D eigenvalue weighted by Gasteiger charge is -2.44. The largest absolute Gasteiger partial charge is 0.444 e. The topological polar surface area (TPSA) is 118 Å². The molecule has 0 radical (unpaired) electrons. The first-order valence-corrected chi connectivity index (χ1v) is 20.3. The maximum atomic E-state index is 17.7. The molecule has 6 heterocycles. The predicted octanol–water partition coefficient (Wildman–Crippen LogP) is 8.70. The number of fused-ring (bicyclic) bond motifs is 4.